The van der Waals surface area contributed by atoms with E-state index in [2.05, 4.69) is 25.6 Å². The summed E-state index contributed by atoms with van der Waals surface area (Å²) in [6.45, 7) is 2.07. The Morgan fingerprint density at radius 1 is 1.75 bits per heavy atom. The fourth-order valence-corrected chi connectivity index (χ4v) is 1.53. The van der Waals surface area contributed by atoms with Crippen LogP contribution in [0.2, 0.25) is 0 Å². The number of rotatable bonds is 0. The number of hydrogen-bond acceptors (Lipinski definition) is 2. The second-order valence-corrected chi connectivity index (χ2v) is 3.81. The van der Waals surface area contributed by atoms with Crippen LogP contribution in [0.1, 0.15) is 19.8 Å². The van der Waals surface area contributed by atoms with Crippen LogP contribution >= 0.6 is 12.6 Å². The average molecular weight is 127 g/mol. The van der Waals surface area contributed by atoms with Crippen molar-refractivity contribution in [3.8, 4) is 6.07 Å². The van der Waals surface area contributed by atoms with Crippen LogP contribution in [0, 0.1) is 17.2 Å². The molecule has 0 atom stereocenters. The summed E-state index contributed by atoms with van der Waals surface area (Å²) >= 11 is 4.30. The van der Waals surface area contributed by atoms with Crippen molar-refractivity contribution in [3.63, 3.8) is 0 Å². The number of thiol groups is 1. The zero-order chi connectivity index (χ0) is 6.20. The van der Waals surface area contributed by atoms with Crippen molar-refractivity contribution in [1.29, 1.82) is 5.26 Å². The minimum atomic E-state index is 0.167. The minimum Gasteiger partial charge on any atom is -0.198 e. The molecule has 0 N–H and O–H groups in total. The summed E-state index contributed by atoms with van der Waals surface area (Å²) in [5, 5.41) is 8.33. The van der Waals surface area contributed by atoms with Gasteiger partial charge in [0.25, 0.3) is 0 Å². The van der Waals surface area contributed by atoms with Crippen molar-refractivity contribution in [2.45, 2.75) is 24.5 Å². The second-order valence-electron chi connectivity index (χ2n) is 2.73. The summed E-state index contributed by atoms with van der Waals surface area (Å²) in [6.07, 6.45) is 1.93. The lowest BCUT2D eigenvalue weighted by Gasteiger charge is -2.37. The highest BCUT2D eigenvalue weighted by molar-refractivity contribution is 7.81. The first-order chi connectivity index (χ1) is 3.64. The van der Waals surface area contributed by atoms with Gasteiger partial charge in [0.2, 0.25) is 0 Å². The summed E-state index contributed by atoms with van der Waals surface area (Å²) in [4.78, 5) is 0. The number of hydrogen-bond donors (Lipinski definition) is 1. The highest BCUT2D eigenvalue weighted by atomic mass is 32.1. The van der Waals surface area contributed by atoms with Crippen molar-refractivity contribution in [2.75, 3.05) is 0 Å². The maximum Gasteiger partial charge on any atom is 0.0656 e. The molecule has 0 radical (unpaired) electrons. The van der Waals surface area contributed by atoms with Gasteiger partial charge >= 0.3 is 0 Å². The van der Waals surface area contributed by atoms with Gasteiger partial charge in [0.15, 0.2) is 0 Å². The lowest BCUT2D eigenvalue weighted by Crippen LogP contribution is -2.34. The van der Waals surface area contributed by atoms with Crippen LogP contribution in [0.3, 0.4) is 0 Å². The third kappa shape index (κ3) is 0.976. The Balaban J connectivity index is 2.34. The van der Waals surface area contributed by atoms with E-state index in [0.717, 1.165) is 12.8 Å². The van der Waals surface area contributed by atoms with Gasteiger partial charge in [0.1, 0.15) is 0 Å². The largest absolute Gasteiger partial charge is 0.198 e. The maximum atomic E-state index is 8.33. The van der Waals surface area contributed by atoms with Crippen LogP contribution in [0.25, 0.3) is 0 Å². The Hall–Kier alpha value is -0.160. The zero-order valence-corrected chi connectivity index (χ0v) is 5.78. The monoisotopic (exact) mass is 127 g/mol. The van der Waals surface area contributed by atoms with Gasteiger partial charge in [0, 0.05) is 10.7 Å². The fraction of sp³-hybridized carbons (Fsp3) is 0.833. The molecule has 0 spiro atoms. The van der Waals surface area contributed by atoms with E-state index >= 15 is 0 Å². The molecule has 0 aromatic carbocycles. The molecule has 44 valence electrons. The first kappa shape index (κ1) is 5.97. The number of nitrogens with zero attached hydrogens (tertiary/aromatic N) is 1. The van der Waals surface area contributed by atoms with Gasteiger partial charge in [-0.3, -0.25) is 0 Å². The lowest BCUT2D eigenvalue weighted by molar-refractivity contribution is 0.312. The Morgan fingerprint density at radius 2 is 2.25 bits per heavy atom. The van der Waals surface area contributed by atoms with Crippen LogP contribution in [0.4, 0.5) is 0 Å². The van der Waals surface area contributed by atoms with Gasteiger partial charge in [-0.2, -0.15) is 17.9 Å². The van der Waals surface area contributed by atoms with E-state index in [4.69, 9.17) is 5.26 Å². The molecule has 1 saturated carbocycles. The van der Waals surface area contributed by atoms with Crippen LogP contribution in [0.5, 0.6) is 0 Å². The van der Waals surface area contributed by atoms with Crippen molar-refractivity contribution < 1.29 is 0 Å². The third-order valence-electron chi connectivity index (χ3n) is 1.55. The Labute approximate surface area is 55.1 Å². The molecule has 1 aliphatic rings. The van der Waals surface area contributed by atoms with E-state index in [1.807, 2.05) is 0 Å². The molecule has 1 aliphatic carbocycles. The first-order valence-corrected chi connectivity index (χ1v) is 3.21. The average Bonchev–Trinajstić information content (AvgIpc) is 1.60. The molecule has 0 amide bonds. The van der Waals surface area contributed by atoms with Gasteiger partial charge in [0.05, 0.1) is 6.07 Å². The second kappa shape index (κ2) is 1.66. The predicted molar refractivity (Wildman–Crippen MR) is 35.7 cm³/mol. The summed E-state index contributed by atoms with van der Waals surface area (Å²) in [5.74, 6) is 0.289. The van der Waals surface area contributed by atoms with Gasteiger partial charge in [-0.15, -0.1) is 0 Å². The molecular weight excluding hydrogens is 118 g/mol. The molecule has 0 saturated heterocycles. The molecule has 0 unspecified atom stereocenters. The molecule has 0 aromatic rings. The van der Waals surface area contributed by atoms with Crippen molar-refractivity contribution >= 4 is 12.6 Å². The minimum absolute atomic E-state index is 0.167. The highest BCUT2D eigenvalue weighted by Gasteiger charge is 2.36. The summed E-state index contributed by atoms with van der Waals surface area (Å²) in [5.41, 5.74) is 0. The molecule has 0 heterocycles. The molecular formula is C6H9NS. The van der Waals surface area contributed by atoms with E-state index in [1.165, 1.54) is 0 Å². The molecule has 0 aromatic heterocycles. The predicted octanol–water partition coefficient (Wildman–Crippen LogP) is 1.61. The van der Waals surface area contributed by atoms with E-state index in [-0.39, 0.29) is 10.7 Å². The molecule has 8 heavy (non-hydrogen) atoms. The molecule has 0 aliphatic heterocycles. The molecule has 2 heteroatoms. The van der Waals surface area contributed by atoms with Crippen molar-refractivity contribution in [1.82, 2.24) is 0 Å². The Kier molecular flexibility index (Phi) is 1.24. The van der Waals surface area contributed by atoms with Crippen LogP contribution in [-0.4, -0.2) is 4.75 Å². The topological polar surface area (TPSA) is 23.8 Å². The molecule has 1 fully saturated rings. The fourth-order valence-electron chi connectivity index (χ4n) is 1.09. The van der Waals surface area contributed by atoms with Crippen LogP contribution < -0.4 is 0 Å². The van der Waals surface area contributed by atoms with E-state index in [1.54, 1.807) is 0 Å². The summed E-state index contributed by atoms with van der Waals surface area (Å²) < 4.78 is 0.167. The van der Waals surface area contributed by atoms with Gasteiger partial charge in [-0.05, 0) is 12.8 Å². The van der Waals surface area contributed by atoms with E-state index in [9.17, 15) is 0 Å². The Morgan fingerprint density at radius 3 is 2.38 bits per heavy atom. The van der Waals surface area contributed by atoms with E-state index < -0.39 is 0 Å². The van der Waals surface area contributed by atoms with Crippen molar-refractivity contribution in [2.24, 2.45) is 5.92 Å². The standard InChI is InChI=1S/C6H9NS/c1-6(8)2-5(3-6)4-7/h5,8H,2-3H2,1H3. The zero-order valence-electron chi connectivity index (χ0n) is 4.89. The number of nitriles is 1. The normalized spacial score (nSPS) is 44.9. The van der Waals surface area contributed by atoms with Crippen LogP contribution in [0.15, 0.2) is 0 Å². The van der Waals surface area contributed by atoms with Gasteiger partial charge < -0.3 is 0 Å². The van der Waals surface area contributed by atoms with E-state index in [0.29, 0.717) is 0 Å². The third-order valence-corrected chi connectivity index (χ3v) is 1.92. The van der Waals surface area contributed by atoms with Crippen molar-refractivity contribution in [3.05, 3.63) is 0 Å². The first-order valence-electron chi connectivity index (χ1n) is 2.76. The van der Waals surface area contributed by atoms with Gasteiger partial charge in [-0.25, -0.2) is 0 Å². The molecule has 1 rings (SSSR count). The smallest absolute Gasteiger partial charge is 0.0656 e. The highest BCUT2D eigenvalue weighted by Crippen LogP contribution is 2.41. The van der Waals surface area contributed by atoms with Crippen LogP contribution in [-0.2, 0) is 0 Å². The maximum absolute atomic E-state index is 8.33. The quantitative estimate of drug-likeness (QED) is 0.491. The Bertz CT molecular complexity index is 126. The summed E-state index contributed by atoms with van der Waals surface area (Å²) in [6, 6.07) is 2.21. The molecule has 0 bridgehead atoms. The SMILES string of the molecule is CC1(S)CC(C#N)C1. The van der Waals surface area contributed by atoms with Gasteiger partial charge in [-0.1, -0.05) is 6.92 Å². The lowest BCUT2D eigenvalue weighted by atomic mass is 9.76. The summed E-state index contributed by atoms with van der Waals surface area (Å²) in [7, 11) is 0. The molecule has 1 nitrogen and oxygen atoms in total.